The molecule has 0 radical (unpaired) electrons. The summed E-state index contributed by atoms with van der Waals surface area (Å²) in [6.07, 6.45) is -2.16. The number of likely N-dealkylation sites (tertiary alicyclic amines) is 1. The zero-order chi connectivity index (χ0) is 28.7. The van der Waals surface area contributed by atoms with Crippen LogP contribution in [0.5, 0.6) is 0 Å². The van der Waals surface area contributed by atoms with Crippen molar-refractivity contribution >= 4 is 34.9 Å². The average molecular weight is 593 g/mol. The Balaban J connectivity index is 0.00000353. The lowest BCUT2D eigenvalue weighted by molar-refractivity contribution is -0.137. The molecule has 2 aliphatic heterocycles. The quantitative estimate of drug-likeness (QED) is 0.274. The van der Waals surface area contributed by atoms with Crippen LogP contribution in [0.25, 0.3) is 11.3 Å². The predicted molar refractivity (Wildman–Crippen MR) is 158 cm³/mol. The molecular formula is C31H28ClF3N6O. The van der Waals surface area contributed by atoms with Crippen LogP contribution in [-0.2, 0) is 12.7 Å². The van der Waals surface area contributed by atoms with Crippen molar-refractivity contribution in [2.75, 3.05) is 18.4 Å². The molecule has 0 spiro atoms. The summed E-state index contributed by atoms with van der Waals surface area (Å²) in [5.41, 5.74) is 8.75. The van der Waals surface area contributed by atoms with E-state index in [1.165, 1.54) is 12.1 Å². The van der Waals surface area contributed by atoms with Crippen LogP contribution in [0, 0.1) is 0 Å². The fraction of sp³-hybridized carbons (Fsp3) is 0.226. The summed E-state index contributed by atoms with van der Waals surface area (Å²) in [7, 11) is 0. The van der Waals surface area contributed by atoms with Gasteiger partial charge in [0.2, 0.25) is 5.95 Å². The third-order valence-electron chi connectivity index (χ3n) is 7.15. The molecule has 1 saturated heterocycles. The highest BCUT2D eigenvalue weighted by molar-refractivity contribution is 6.31. The molecule has 0 saturated carbocycles. The van der Waals surface area contributed by atoms with Crippen molar-refractivity contribution in [2.24, 2.45) is 10.7 Å². The molecule has 11 heteroatoms. The van der Waals surface area contributed by atoms with Gasteiger partial charge in [-0.25, -0.2) is 9.97 Å². The number of benzene rings is 3. The first-order valence-corrected chi connectivity index (χ1v) is 13.3. The van der Waals surface area contributed by atoms with Crippen LogP contribution >= 0.6 is 11.6 Å². The topological polar surface area (TPSA) is 96.5 Å². The van der Waals surface area contributed by atoms with E-state index in [9.17, 15) is 18.0 Å². The maximum absolute atomic E-state index is 13.9. The molecule has 1 fully saturated rings. The lowest BCUT2D eigenvalue weighted by Gasteiger charge is -2.16. The minimum atomic E-state index is -4.56. The van der Waals surface area contributed by atoms with Gasteiger partial charge in [0.05, 0.1) is 23.5 Å². The molecule has 3 N–H and O–H groups in total. The van der Waals surface area contributed by atoms with E-state index in [2.05, 4.69) is 15.3 Å². The summed E-state index contributed by atoms with van der Waals surface area (Å²) in [6.45, 7) is 1.27. The summed E-state index contributed by atoms with van der Waals surface area (Å²) < 4.78 is 41.7. The number of nitrogens with one attached hydrogen (secondary N) is 1. The number of halogens is 4. The number of hydrogen-bond donors (Lipinski definition) is 2. The number of nitrogens with zero attached hydrogens (tertiary/aromatic N) is 4. The summed E-state index contributed by atoms with van der Waals surface area (Å²) in [5.74, 6) is 0.220. The van der Waals surface area contributed by atoms with Gasteiger partial charge in [0, 0.05) is 63.9 Å². The second-order valence-corrected chi connectivity index (χ2v) is 10.4. The number of aromatic nitrogens is 2. The maximum atomic E-state index is 13.9. The molecule has 1 amide bonds. The first-order valence-electron chi connectivity index (χ1n) is 13.0. The second kappa shape index (κ2) is 11.5. The minimum absolute atomic E-state index is 0. The fourth-order valence-electron chi connectivity index (χ4n) is 5.13. The molecule has 1 unspecified atom stereocenters. The Morgan fingerprint density at radius 3 is 2.50 bits per heavy atom. The highest BCUT2D eigenvalue weighted by Gasteiger charge is 2.35. The van der Waals surface area contributed by atoms with Gasteiger partial charge in [-0.05, 0) is 48.9 Å². The summed E-state index contributed by atoms with van der Waals surface area (Å²) in [5, 5.41) is 3.52. The fourth-order valence-corrected chi connectivity index (χ4v) is 5.30. The SMILES string of the molecule is C.NC1CCN(C(=O)c2ccc(Nc3ncc4c(n3)-c3ccc(Cl)cc3C(c3ccccc3C(F)(F)F)=NC4)cc2)C1. The zero-order valence-electron chi connectivity index (χ0n) is 21.6. The molecule has 4 aromatic rings. The van der Waals surface area contributed by atoms with E-state index in [0.29, 0.717) is 51.7 Å². The molecule has 42 heavy (non-hydrogen) atoms. The molecule has 1 atom stereocenters. The number of amides is 1. The molecule has 0 aliphatic carbocycles. The number of fused-ring (bicyclic) bond motifs is 3. The predicted octanol–water partition coefficient (Wildman–Crippen LogP) is 6.72. The van der Waals surface area contributed by atoms with Crippen molar-refractivity contribution in [3.8, 4) is 11.3 Å². The largest absolute Gasteiger partial charge is 0.417 e. The van der Waals surface area contributed by atoms with E-state index in [-0.39, 0.29) is 43.1 Å². The van der Waals surface area contributed by atoms with E-state index in [1.807, 2.05) is 0 Å². The molecule has 216 valence electrons. The van der Waals surface area contributed by atoms with Crippen LogP contribution in [-0.4, -0.2) is 45.6 Å². The van der Waals surface area contributed by atoms with E-state index in [0.717, 1.165) is 12.5 Å². The van der Waals surface area contributed by atoms with E-state index in [1.54, 1.807) is 59.6 Å². The number of carbonyl (C=O) groups excluding carboxylic acids is 1. The normalized spacial score (nSPS) is 16.1. The standard InChI is InChI=1S/C30H24ClF3N6O.CH4/c31-19-7-10-22-24(13-19)27(23-3-1-2-4-25(23)30(32,33)34)36-14-18-15-37-29(39-26(18)22)38-21-8-5-17(6-9-21)28(41)40-12-11-20(35)16-40;/h1-10,13,15,20H,11-12,14,16,35H2,(H,37,38,39);1H4. The first-order chi connectivity index (χ1) is 19.7. The van der Waals surface area contributed by atoms with Gasteiger partial charge in [-0.15, -0.1) is 0 Å². The molecular weight excluding hydrogens is 565 g/mol. The van der Waals surface area contributed by atoms with Gasteiger partial charge in [-0.1, -0.05) is 43.3 Å². The van der Waals surface area contributed by atoms with Crippen LogP contribution in [0.2, 0.25) is 5.02 Å². The Bertz CT molecular complexity index is 1670. The minimum Gasteiger partial charge on any atom is -0.337 e. The van der Waals surface area contributed by atoms with Crippen molar-refractivity contribution in [2.45, 2.75) is 32.6 Å². The summed E-state index contributed by atoms with van der Waals surface area (Å²) in [6, 6.07) is 17.4. The van der Waals surface area contributed by atoms with Crippen LogP contribution in [0.4, 0.5) is 24.8 Å². The Hall–Kier alpha value is -4.28. The number of nitrogens with two attached hydrogens (primary N) is 1. The molecule has 6 rings (SSSR count). The van der Waals surface area contributed by atoms with Gasteiger partial charge in [0.15, 0.2) is 0 Å². The molecule has 7 nitrogen and oxygen atoms in total. The summed E-state index contributed by atoms with van der Waals surface area (Å²) in [4.78, 5) is 28.2. The number of carbonyl (C=O) groups is 1. The molecule has 3 heterocycles. The second-order valence-electron chi connectivity index (χ2n) is 9.97. The van der Waals surface area contributed by atoms with Crippen molar-refractivity contribution < 1.29 is 18.0 Å². The number of aliphatic imine (C=N–C) groups is 1. The molecule has 3 aromatic carbocycles. The van der Waals surface area contributed by atoms with Crippen LogP contribution in [0.3, 0.4) is 0 Å². The monoisotopic (exact) mass is 592 g/mol. The molecule has 1 aromatic heterocycles. The Morgan fingerprint density at radius 1 is 1.02 bits per heavy atom. The van der Waals surface area contributed by atoms with Crippen molar-refractivity contribution in [1.82, 2.24) is 14.9 Å². The molecule has 0 bridgehead atoms. The number of hydrogen-bond acceptors (Lipinski definition) is 6. The smallest absolute Gasteiger partial charge is 0.337 e. The van der Waals surface area contributed by atoms with Crippen molar-refractivity contribution in [3.05, 3.63) is 106 Å². The van der Waals surface area contributed by atoms with Crippen molar-refractivity contribution in [1.29, 1.82) is 0 Å². The Labute approximate surface area is 246 Å². The highest BCUT2D eigenvalue weighted by atomic mass is 35.5. The number of alkyl halides is 3. The lowest BCUT2D eigenvalue weighted by Crippen LogP contribution is -2.31. The highest BCUT2D eigenvalue weighted by Crippen LogP contribution is 2.38. The van der Waals surface area contributed by atoms with Gasteiger partial charge < -0.3 is 16.0 Å². The Kier molecular flexibility index (Phi) is 8.03. The van der Waals surface area contributed by atoms with Gasteiger partial charge >= 0.3 is 6.18 Å². The van der Waals surface area contributed by atoms with Crippen molar-refractivity contribution in [3.63, 3.8) is 0 Å². The first kappa shape index (κ1) is 29.2. The van der Waals surface area contributed by atoms with E-state index in [4.69, 9.17) is 22.3 Å². The molecule has 2 aliphatic rings. The zero-order valence-corrected chi connectivity index (χ0v) is 22.4. The Morgan fingerprint density at radius 2 is 1.79 bits per heavy atom. The third-order valence-corrected chi connectivity index (χ3v) is 7.39. The van der Waals surface area contributed by atoms with Crippen LogP contribution in [0.15, 0.2) is 77.9 Å². The van der Waals surface area contributed by atoms with E-state index < -0.39 is 11.7 Å². The summed E-state index contributed by atoms with van der Waals surface area (Å²) >= 11 is 6.31. The maximum Gasteiger partial charge on any atom is 0.417 e. The van der Waals surface area contributed by atoms with Gasteiger partial charge in [0.1, 0.15) is 0 Å². The lowest BCUT2D eigenvalue weighted by atomic mass is 9.92. The average Bonchev–Trinajstić information content (AvgIpc) is 3.33. The number of rotatable bonds is 4. The third kappa shape index (κ3) is 5.73. The van der Waals surface area contributed by atoms with Crippen LogP contribution < -0.4 is 11.1 Å². The van der Waals surface area contributed by atoms with Gasteiger partial charge in [-0.2, -0.15) is 13.2 Å². The number of anilines is 2. The van der Waals surface area contributed by atoms with E-state index >= 15 is 0 Å². The van der Waals surface area contributed by atoms with Gasteiger partial charge in [-0.3, -0.25) is 9.79 Å². The van der Waals surface area contributed by atoms with Crippen LogP contribution in [0.1, 0.15) is 46.5 Å². The van der Waals surface area contributed by atoms with Gasteiger partial charge in [0.25, 0.3) is 5.91 Å².